The van der Waals surface area contributed by atoms with Crippen LogP contribution in [0.1, 0.15) is 54.9 Å². The molecule has 1 rings (SSSR count). The van der Waals surface area contributed by atoms with Crippen LogP contribution in [0.5, 0.6) is 0 Å². The number of hydrogen-bond donors (Lipinski definition) is 0. The van der Waals surface area contributed by atoms with E-state index in [4.69, 9.17) is 9.31 Å². The minimum absolute atomic E-state index is 0.0289. The highest BCUT2D eigenvalue weighted by molar-refractivity contribution is 6.45. The lowest BCUT2D eigenvalue weighted by atomic mass is 9.75. The second-order valence-electron chi connectivity index (χ2n) is 6.66. The standard InChI is InChI=1S/C13H27BO2/c1-10(2)8-11(3)9-14-15-12(4,5)13(6,7)16-14/h10-11H,8-9H2,1-7H3/t11-/m1/s1. The molecule has 0 spiro atoms. The molecule has 0 saturated carbocycles. The van der Waals surface area contributed by atoms with Crippen LogP contribution in [-0.2, 0) is 9.31 Å². The van der Waals surface area contributed by atoms with Gasteiger partial charge in [-0.05, 0) is 52.3 Å². The lowest BCUT2D eigenvalue weighted by Crippen LogP contribution is -2.41. The van der Waals surface area contributed by atoms with E-state index in [0.717, 1.165) is 12.2 Å². The maximum atomic E-state index is 5.99. The van der Waals surface area contributed by atoms with Gasteiger partial charge in [0.1, 0.15) is 0 Å². The topological polar surface area (TPSA) is 18.5 Å². The molecule has 0 radical (unpaired) electrons. The van der Waals surface area contributed by atoms with Crippen LogP contribution >= 0.6 is 0 Å². The van der Waals surface area contributed by atoms with Gasteiger partial charge in [-0.25, -0.2) is 0 Å². The van der Waals surface area contributed by atoms with E-state index in [9.17, 15) is 0 Å². The van der Waals surface area contributed by atoms with Crippen molar-refractivity contribution in [1.82, 2.24) is 0 Å². The van der Waals surface area contributed by atoms with Crippen LogP contribution in [0.4, 0.5) is 0 Å². The molecule has 0 unspecified atom stereocenters. The van der Waals surface area contributed by atoms with Gasteiger partial charge in [0.25, 0.3) is 0 Å². The summed E-state index contributed by atoms with van der Waals surface area (Å²) < 4.78 is 12.0. The van der Waals surface area contributed by atoms with E-state index >= 15 is 0 Å². The minimum atomic E-state index is -0.185. The van der Waals surface area contributed by atoms with Gasteiger partial charge in [0.2, 0.25) is 0 Å². The van der Waals surface area contributed by atoms with Gasteiger partial charge in [0, 0.05) is 0 Å². The fourth-order valence-electron chi connectivity index (χ4n) is 2.29. The summed E-state index contributed by atoms with van der Waals surface area (Å²) >= 11 is 0. The summed E-state index contributed by atoms with van der Waals surface area (Å²) in [5, 5.41) is 0. The van der Waals surface area contributed by atoms with Crippen LogP contribution in [0.25, 0.3) is 0 Å². The summed E-state index contributed by atoms with van der Waals surface area (Å²) in [6.07, 6.45) is 2.25. The first-order valence-corrected chi connectivity index (χ1v) is 6.49. The Morgan fingerprint density at radius 1 is 0.938 bits per heavy atom. The maximum absolute atomic E-state index is 5.99. The highest BCUT2D eigenvalue weighted by Crippen LogP contribution is 2.38. The average molecular weight is 226 g/mol. The van der Waals surface area contributed by atoms with Gasteiger partial charge < -0.3 is 9.31 Å². The molecule has 0 bridgehead atoms. The van der Waals surface area contributed by atoms with Crippen LogP contribution in [0.3, 0.4) is 0 Å². The van der Waals surface area contributed by atoms with E-state index in [0.29, 0.717) is 5.92 Å². The van der Waals surface area contributed by atoms with Crippen molar-refractivity contribution in [3.8, 4) is 0 Å². The molecule has 1 fully saturated rings. The molecule has 2 nitrogen and oxygen atoms in total. The van der Waals surface area contributed by atoms with E-state index in [2.05, 4.69) is 48.5 Å². The molecule has 0 amide bonds. The second kappa shape index (κ2) is 4.69. The second-order valence-corrected chi connectivity index (χ2v) is 6.66. The van der Waals surface area contributed by atoms with Gasteiger partial charge >= 0.3 is 7.12 Å². The van der Waals surface area contributed by atoms with Gasteiger partial charge in [-0.2, -0.15) is 0 Å². The summed E-state index contributed by atoms with van der Waals surface area (Å²) in [5.41, 5.74) is -0.371. The fourth-order valence-corrected chi connectivity index (χ4v) is 2.29. The zero-order valence-electron chi connectivity index (χ0n) is 12.0. The Morgan fingerprint density at radius 3 is 1.75 bits per heavy atom. The van der Waals surface area contributed by atoms with E-state index in [-0.39, 0.29) is 18.3 Å². The van der Waals surface area contributed by atoms with Gasteiger partial charge in [-0.15, -0.1) is 0 Å². The van der Waals surface area contributed by atoms with Crippen LogP contribution < -0.4 is 0 Å². The Morgan fingerprint density at radius 2 is 1.38 bits per heavy atom. The molecule has 0 N–H and O–H groups in total. The smallest absolute Gasteiger partial charge is 0.403 e. The number of hydrogen-bond acceptors (Lipinski definition) is 2. The average Bonchev–Trinajstić information content (AvgIpc) is 2.16. The van der Waals surface area contributed by atoms with Crippen molar-refractivity contribution in [2.45, 2.75) is 72.4 Å². The molecule has 1 heterocycles. The van der Waals surface area contributed by atoms with Gasteiger partial charge in [-0.3, -0.25) is 0 Å². The normalized spacial score (nSPS) is 25.1. The Hall–Kier alpha value is -0.0151. The van der Waals surface area contributed by atoms with E-state index in [1.54, 1.807) is 0 Å². The quantitative estimate of drug-likeness (QED) is 0.679. The maximum Gasteiger partial charge on any atom is 0.458 e. The molecule has 0 aromatic heterocycles. The molecule has 1 aliphatic heterocycles. The SMILES string of the molecule is CC(C)C[C@@H](C)CB1OC(C)(C)C(C)(C)O1. The monoisotopic (exact) mass is 226 g/mol. The molecule has 0 aromatic carbocycles. The highest BCUT2D eigenvalue weighted by Gasteiger charge is 2.50. The van der Waals surface area contributed by atoms with Crippen molar-refractivity contribution in [3.05, 3.63) is 0 Å². The first-order chi connectivity index (χ1) is 7.14. The molecule has 16 heavy (non-hydrogen) atoms. The highest BCUT2D eigenvalue weighted by atomic mass is 16.7. The first-order valence-electron chi connectivity index (χ1n) is 6.49. The summed E-state index contributed by atoms with van der Waals surface area (Å²) in [4.78, 5) is 0. The van der Waals surface area contributed by atoms with E-state index < -0.39 is 0 Å². The third-order valence-electron chi connectivity index (χ3n) is 3.77. The van der Waals surface area contributed by atoms with Crippen LogP contribution in [0, 0.1) is 11.8 Å². The Kier molecular flexibility index (Phi) is 4.12. The molecule has 94 valence electrons. The van der Waals surface area contributed by atoms with Gasteiger partial charge in [0.05, 0.1) is 11.2 Å². The van der Waals surface area contributed by atoms with Crippen molar-refractivity contribution >= 4 is 7.12 Å². The summed E-state index contributed by atoms with van der Waals surface area (Å²) in [7, 11) is -0.0289. The third kappa shape index (κ3) is 3.24. The zero-order chi connectivity index (χ0) is 12.6. The van der Waals surface area contributed by atoms with Crippen molar-refractivity contribution in [2.24, 2.45) is 11.8 Å². The summed E-state index contributed by atoms with van der Waals surface area (Å²) in [6, 6.07) is 0. The Balaban J connectivity index is 2.48. The molecule has 0 aliphatic carbocycles. The van der Waals surface area contributed by atoms with Crippen molar-refractivity contribution < 1.29 is 9.31 Å². The molecule has 1 atom stereocenters. The molecule has 0 aromatic rings. The Labute approximate surface area is 101 Å². The molecular weight excluding hydrogens is 199 g/mol. The van der Waals surface area contributed by atoms with Gasteiger partial charge in [-0.1, -0.05) is 20.8 Å². The molecule has 1 saturated heterocycles. The summed E-state index contributed by atoms with van der Waals surface area (Å²) in [6.45, 7) is 15.3. The zero-order valence-corrected chi connectivity index (χ0v) is 12.0. The molecular formula is C13H27BO2. The minimum Gasteiger partial charge on any atom is -0.403 e. The largest absolute Gasteiger partial charge is 0.458 e. The lowest BCUT2D eigenvalue weighted by molar-refractivity contribution is 0.00578. The van der Waals surface area contributed by atoms with Crippen LogP contribution in [0.2, 0.25) is 6.32 Å². The van der Waals surface area contributed by atoms with Crippen LogP contribution in [-0.4, -0.2) is 18.3 Å². The predicted molar refractivity (Wildman–Crippen MR) is 69.5 cm³/mol. The fraction of sp³-hybridized carbons (Fsp3) is 1.00. The predicted octanol–water partition coefficient (Wildman–Crippen LogP) is 3.76. The summed E-state index contributed by atoms with van der Waals surface area (Å²) in [5.74, 6) is 1.41. The van der Waals surface area contributed by atoms with Crippen molar-refractivity contribution in [3.63, 3.8) is 0 Å². The lowest BCUT2D eigenvalue weighted by Gasteiger charge is -2.32. The number of rotatable bonds is 4. The van der Waals surface area contributed by atoms with Crippen LogP contribution in [0.15, 0.2) is 0 Å². The van der Waals surface area contributed by atoms with Gasteiger partial charge in [0.15, 0.2) is 0 Å². The Bertz CT molecular complexity index is 220. The molecule has 3 heteroatoms. The van der Waals surface area contributed by atoms with Crippen molar-refractivity contribution in [1.29, 1.82) is 0 Å². The van der Waals surface area contributed by atoms with E-state index in [1.165, 1.54) is 6.42 Å². The van der Waals surface area contributed by atoms with Crippen molar-refractivity contribution in [2.75, 3.05) is 0 Å². The third-order valence-corrected chi connectivity index (χ3v) is 3.77. The molecule has 1 aliphatic rings. The van der Waals surface area contributed by atoms with E-state index in [1.807, 2.05) is 0 Å². The first kappa shape index (κ1) is 14.0.